The van der Waals surface area contributed by atoms with E-state index in [-0.39, 0.29) is 17.7 Å². The van der Waals surface area contributed by atoms with Crippen LogP contribution in [-0.4, -0.2) is 48.2 Å². The monoisotopic (exact) mass is 435 g/mol. The summed E-state index contributed by atoms with van der Waals surface area (Å²) in [5.74, 6) is -0.401. The number of benzene rings is 1. The Kier molecular flexibility index (Phi) is 6.90. The standard InChI is InChI=1S/C18H21N5O4S2/c1-27-14-5-2-4-12-11(14)8-13(22-12)17(25)21-9-16(24)23-29(10-19)28-15-6-3-7-20-18(15)26/h2,4-5,8,15,22,29H,3,6-7,9H2,1H3,(H,20,26)(H,21,25)(H,23,24)/t15-/m1/s1. The molecular formula is C18H21N5O4S2. The molecule has 2 aromatic rings. The number of amides is 3. The highest BCUT2D eigenvalue weighted by atomic mass is 33.1. The lowest BCUT2D eigenvalue weighted by molar-refractivity contribution is -0.121. The number of nitriles is 1. The van der Waals surface area contributed by atoms with Crippen LogP contribution in [0.15, 0.2) is 24.3 Å². The van der Waals surface area contributed by atoms with Gasteiger partial charge in [0.2, 0.25) is 11.8 Å². The summed E-state index contributed by atoms with van der Waals surface area (Å²) < 4.78 is 7.86. The van der Waals surface area contributed by atoms with Crippen LogP contribution in [0.4, 0.5) is 0 Å². The maximum absolute atomic E-state index is 12.4. The zero-order chi connectivity index (χ0) is 20.8. The molecule has 1 unspecified atom stereocenters. The third kappa shape index (κ3) is 5.16. The fraction of sp³-hybridized carbons (Fsp3) is 0.333. The maximum atomic E-state index is 12.4. The maximum Gasteiger partial charge on any atom is 0.268 e. The van der Waals surface area contributed by atoms with Crippen molar-refractivity contribution in [2.24, 2.45) is 0 Å². The summed E-state index contributed by atoms with van der Waals surface area (Å²) in [6, 6.07) is 7.07. The highest BCUT2D eigenvalue weighted by molar-refractivity contribution is 8.86. The van der Waals surface area contributed by atoms with E-state index >= 15 is 0 Å². The van der Waals surface area contributed by atoms with E-state index in [0.717, 1.165) is 17.3 Å². The average Bonchev–Trinajstić information content (AvgIpc) is 3.17. The van der Waals surface area contributed by atoms with Crippen molar-refractivity contribution in [1.29, 1.82) is 5.26 Å². The van der Waals surface area contributed by atoms with E-state index in [9.17, 15) is 19.6 Å². The molecule has 1 fully saturated rings. The SMILES string of the molecule is COc1cccc2[nH]c(C(=O)NCC(=O)N[SH](C#N)S[C@@H]3CCCNC3=O)cc12. The predicted octanol–water partition coefficient (Wildman–Crippen LogP) is 1.35. The van der Waals surface area contributed by atoms with Crippen LogP contribution in [0.3, 0.4) is 0 Å². The number of fused-ring (bicyclic) bond motifs is 1. The minimum atomic E-state index is -1.57. The summed E-state index contributed by atoms with van der Waals surface area (Å²) in [6.07, 6.45) is 1.52. The number of hydrogen-bond acceptors (Lipinski definition) is 6. The second kappa shape index (κ2) is 9.58. The van der Waals surface area contributed by atoms with Gasteiger partial charge >= 0.3 is 0 Å². The van der Waals surface area contributed by atoms with Crippen LogP contribution in [0.1, 0.15) is 23.3 Å². The number of nitrogens with zero attached hydrogens (tertiary/aromatic N) is 1. The summed E-state index contributed by atoms with van der Waals surface area (Å²) in [5, 5.41) is 17.0. The number of carbonyl (C=O) groups is 3. The first-order valence-electron chi connectivity index (χ1n) is 8.89. The van der Waals surface area contributed by atoms with Crippen molar-refractivity contribution in [3.63, 3.8) is 0 Å². The Morgan fingerprint density at radius 3 is 3.00 bits per heavy atom. The molecule has 3 rings (SSSR count). The molecule has 4 N–H and O–H groups in total. The first-order valence-corrected chi connectivity index (χ1v) is 11.7. The van der Waals surface area contributed by atoms with E-state index in [1.54, 1.807) is 25.3 Å². The van der Waals surface area contributed by atoms with Gasteiger partial charge in [0.15, 0.2) is 0 Å². The van der Waals surface area contributed by atoms with E-state index in [2.05, 4.69) is 20.3 Å². The largest absolute Gasteiger partial charge is 0.496 e. The highest BCUT2D eigenvalue weighted by Crippen LogP contribution is 2.41. The smallest absolute Gasteiger partial charge is 0.268 e. The van der Waals surface area contributed by atoms with Gasteiger partial charge in [0.05, 0.1) is 18.9 Å². The number of hydrogen-bond donors (Lipinski definition) is 5. The number of methoxy groups -OCH3 is 1. The quantitative estimate of drug-likeness (QED) is 0.253. The lowest BCUT2D eigenvalue weighted by Gasteiger charge is -2.24. The van der Waals surface area contributed by atoms with Gasteiger partial charge in [0.1, 0.15) is 16.8 Å². The summed E-state index contributed by atoms with van der Waals surface area (Å²) in [5.41, 5.74) is 1.04. The van der Waals surface area contributed by atoms with Gasteiger partial charge in [-0.2, -0.15) is 5.26 Å². The predicted molar refractivity (Wildman–Crippen MR) is 114 cm³/mol. The number of nitrogens with one attached hydrogen (secondary N) is 4. The Morgan fingerprint density at radius 1 is 1.45 bits per heavy atom. The van der Waals surface area contributed by atoms with Crippen LogP contribution in [0.25, 0.3) is 10.9 Å². The first kappa shape index (κ1) is 20.9. The van der Waals surface area contributed by atoms with E-state index in [0.29, 0.717) is 24.4 Å². The minimum Gasteiger partial charge on any atom is -0.496 e. The number of thiol groups is 1. The van der Waals surface area contributed by atoms with E-state index < -0.39 is 21.9 Å². The van der Waals surface area contributed by atoms with Gasteiger partial charge in [-0.3, -0.25) is 19.1 Å². The number of H-pyrrole nitrogens is 1. The van der Waals surface area contributed by atoms with Gasteiger partial charge in [0, 0.05) is 17.4 Å². The van der Waals surface area contributed by atoms with Gasteiger partial charge in [-0.05, 0) is 41.2 Å². The van der Waals surface area contributed by atoms with Crippen LogP contribution in [0.2, 0.25) is 0 Å². The van der Waals surface area contributed by atoms with Gasteiger partial charge in [-0.25, -0.2) is 0 Å². The molecule has 9 nitrogen and oxygen atoms in total. The summed E-state index contributed by atoms with van der Waals surface area (Å²) in [4.78, 5) is 39.3. The van der Waals surface area contributed by atoms with Crippen LogP contribution in [0, 0.1) is 10.7 Å². The van der Waals surface area contributed by atoms with Crippen molar-refractivity contribution in [2.75, 3.05) is 20.2 Å². The molecule has 1 aromatic carbocycles. The fourth-order valence-electron chi connectivity index (χ4n) is 2.88. The molecule has 0 aliphatic carbocycles. The number of aromatic nitrogens is 1. The lowest BCUT2D eigenvalue weighted by Crippen LogP contribution is -2.39. The lowest BCUT2D eigenvalue weighted by atomic mass is 10.1. The highest BCUT2D eigenvalue weighted by Gasteiger charge is 2.25. The molecule has 0 radical (unpaired) electrons. The summed E-state index contributed by atoms with van der Waals surface area (Å²) in [6.45, 7) is 0.363. The van der Waals surface area contributed by atoms with E-state index in [1.807, 2.05) is 11.5 Å². The number of carbonyl (C=O) groups excluding carboxylic acids is 3. The van der Waals surface area contributed by atoms with Crippen LogP contribution >= 0.6 is 20.9 Å². The third-order valence-electron chi connectivity index (χ3n) is 4.28. The van der Waals surface area contributed by atoms with Crippen molar-refractivity contribution in [1.82, 2.24) is 20.3 Å². The van der Waals surface area contributed by atoms with Crippen molar-refractivity contribution in [3.05, 3.63) is 30.0 Å². The first-order chi connectivity index (χ1) is 14.0. The number of aromatic amines is 1. The molecule has 1 aliphatic rings. The average molecular weight is 436 g/mol. The number of thiocyanates is 1. The summed E-state index contributed by atoms with van der Waals surface area (Å²) in [7, 11) is 1.15. The normalized spacial score (nSPS) is 17.7. The molecule has 2 heterocycles. The number of ether oxygens (including phenoxy) is 1. The van der Waals surface area contributed by atoms with Gasteiger partial charge < -0.3 is 20.4 Å². The van der Waals surface area contributed by atoms with Gasteiger partial charge in [0.25, 0.3) is 5.91 Å². The molecule has 3 amide bonds. The zero-order valence-electron chi connectivity index (χ0n) is 15.7. The summed E-state index contributed by atoms with van der Waals surface area (Å²) >= 11 is 0. The van der Waals surface area contributed by atoms with E-state index in [4.69, 9.17) is 4.74 Å². The Balaban J connectivity index is 1.53. The number of rotatable bonds is 7. The molecule has 1 aliphatic heterocycles. The van der Waals surface area contributed by atoms with Crippen molar-refractivity contribution in [2.45, 2.75) is 18.1 Å². The second-order valence-electron chi connectivity index (χ2n) is 6.24. The molecule has 0 saturated carbocycles. The molecule has 0 spiro atoms. The van der Waals surface area contributed by atoms with Crippen molar-refractivity contribution < 1.29 is 19.1 Å². The molecule has 11 heteroatoms. The molecular weight excluding hydrogens is 414 g/mol. The van der Waals surface area contributed by atoms with Crippen LogP contribution < -0.4 is 20.1 Å². The Labute approximate surface area is 173 Å². The van der Waals surface area contributed by atoms with Crippen molar-refractivity contribution in [3.8, 4) is 11.2 Å². The molecule has 0 bridgehead atoms. The van der Waals surface area contributed by atoms with Gasteiger partial charge in [-0.1, -0.05) is 16.9 Å². The Bertz CT molecular complexity index is 971. The topological polar surface area (TPSA) is 136 Å². The second-order valence-corrected chi connectivity index (χ2v) is 9.76. The fourth-order valence-corrected chi connectivity index (χ4v) is 6.02. The zero-order valence-corrected chi connectivity index (χ0v) is 17.4. The molecule has 1 aromatic heterocycles. The van der Waals surface area contributed by atoms with Gasteiger partial charge in [-0.15, -0.1) is 0 Å². The molecule has 1 saturated heterocycles. The van der Waals surface area contributed by atoms with Crippen molar-refractivity contribution >= 4 is 49.5 Å². The molecule has 2 atom stereocenters. The van der Waals surface area contributed by atoms with Crippen LogP contribution in [0.5, 0.6) is 5.75 Å². The molecule has 154 valence electrons. The number of piperidine rings is 1. The van der Waals surface area contributed by atoms with Crippen LogP contribution in [-0.2, 0) is 9.59 Å². The van der Waals surface area contributed by atoms with E-state index in [1.165, 1.54) is 10.8 Å². The molecule has 29 heavy (non-hydrogen) atoms. The Hall–Kier alpha value is -2.84. The Morgan fingerprint density at radius 2 is 2.28 bits per heavy atom. The third-order valence-corrected chi connectivity index (χ3v) is 7.75. The minimum absolute atomic E-state index is 0.110.